The number of carbonyl (C=O) groups is 2. The van der Waals surface area contributed by atoms with Crippen molar-refractivity contribution in [3.8, 4) is 0 Å². The Hall–Kier alpha value is -3.95. The standard InChI is InChI=1S/C35H38BrN3O4S/c1-4-19-37-35(41)33(23-28-11-7-5-8-12-28)38(24-29-15-17-30(36)18-16-29)34(40)25-39(31-21-26(2)20-27(3)22-31)44(42,43)32-13-9-6-10-14-32/h5-18,20-22,33H,4,19,23-25H2,1-3H3,(H,37,41). The van der Waals surface area contributed by atoms with Crippen LogP contribution in [-0.4, -0.2) is 44.3 Å². The summed E-state index contributed by atoms with van der Waals surface area (Å²) in [5, 5.41) is 2.97. The number of anilines is 1. The molecule has 44 heavy (non-hydrogen) atoms. The molecule has 1 atom stereocenters. The van der Waals surface area contributed by atoms with Crippen molar-refractivity contribution in [3.05, 3.63) is 130 Å². The third-order valence-electron chi connectivity index (χ3n) is 7.19. The Balaban J connectivity index is 1.81. The van der Waals surface area contributed by atoms with Crippen molar-refractivity contribution in [1.29, 1.82) is 0 Å². The van der Waals surface area contributed by atoms with Gasteiger partial charge in [0.15, 0.2) is 0 Å². The normalized spacial score (nSPS) is 11.9. The monoisotopic (exact) mass is 675 g/mol. The number of nitrogens with one attached hydrogen (secondary N) is 1. The summed E-state index contributed by atoms with van der Waals surface area (Å²) >= 11 is 3.46. The number of benzene rings is 4. The van der Waals surface area contributed by atoms with Gasteiger partial charge in [0.05, 0.1) is 10.6 Å². The van der Waals surface area contributed by atoms with E-state index in [0.29, 0.717) is 12.2 Å². The van der Waals surface area contributed by atoms with Crippen molar-refractivity contribution in [2.45, 2.75) is 51.1 Å². The summed E-state index contributed by atoms with van der Waals surface area (Å²) in [6.45, 7) is 5.84. The average Bonchev–Trinajstić information content (AvgIpc) is 3.01. The first-order chi connectivity index (χ1) is 21.1. The fraction of sp³-hybridized carbons (Fsp3) is 0.257. The van der Waals surface area contributed by atoms with Crippen molar-refractivity contribution in [3.63, 3.8) is 0 Å². The molecule has 7 nitrogen and oxygen atoms in total. The quantitative estimate of drug-likeness (QED) is 0.177. The Labute approximate surface area is 269 Å². The van der Waals surface area contributed by atoms with Gasteiger partial charge < -0.3 is 10.2 Å². The third kappa shape index (κ3) is 8.57. The highest BCUT2D eigenvalue weighted by Crippen LogP contribution is 2.27. The summed E-state index contributed by atoms with van der Waals surface area (Å²) in [6.07, 6.45) is 1.01. The number of halogens is 1. The number of carbonyl (C=O) groups excluding carboxylic acids is 2. The lowest BCUT2D eigenvalue weighted by molar-refractivity contribution is -0.140. The van der Waals surface area contributed by atoms with Crippen LogP contribution in [0.2, 0.25) is 0 Å². The van der Waals surface area contributed by atoms with Crippen LogP contribution in [0.1, 0.15) is 35.6 Å². The fourth-order valence-electron chi connectivity index (χ4n) is 5.05. The first-order valence-corrected chi connectivity index (χ1v) is 16.8. The second-order valence-corrected chi connectivity index (χ2v) is 13.6. The van der Waals surface area contributed by atoms with E-state index >= 15 is 0 Å². The zero-order valence-electron chi connectivity index (χ0n) is 25.2. The minimum absolute atomic E-state index is 0.0768. The van der Waals surface area contributed by atoms with E-state index in [1.807, 2.05) is 81.4 Å². The van der Waals surface area contributed by atoms with Gasteiger partial charge in [-0.2, -0.15) is 0 Å². The van der Waals surface area contributed by atoms with Crippen LogP contribution in [0.25, 0.3) is 0 Å². The van der Waals surface area contributed by atoms with Gasteiger partial charge >= 0.3 is 0 Å². The van der Waals surface area contributed by atoms with Gasteiger partial charge in [-0.1, -0.05) is 89.6 Å². The van der Waals surface area contributed by atoms with E-state index in [0.717, 1.165) is 37.5 Å². The van der Waals surface area contributed by atoms with E-state index in [4.69, 9.17) is 0 Å². The van der Waals surface area contributed by atoms with Gasteiger partial charge in [-0.15, -0.1) is 0 Å². The summed E-state index contributed by atoms with van der Waals surface area (Å²) in [6, 6.07) is 29.7. The lowest BCUT2D eigenvalue weighted by Gasteiger charge is -2.34. The number of sulfonamides is 1. The molecule has 0 aliphatic carbocycles. The maximum Gasteiger partial charge on any atom is 0.264 e. The molecule has 4 aromatic rings. The van der Waals surface area contributed by atoms with Crippen LogP contribution in [0.5, 0.6) is 0 Å². The largest absolute Gasteiger partial charge is 0.354 e. The summed E-state index contributed by atoms with van der Waals surface area (Å²) in [5.74, 6) is -0.774. The van der Waals surface area contributed by atoms with E-state index in [1.165, 1.54) is 17.0 Å². The molecule has 0 heterocycles. The molecule has 0 bridgehead atoms. The molecule has 1 unspecified atom stereocenters. The molecule has 9 heteroatoms. The predicted octanol–water partition coefficient (Wildman–Crippen LogP) is 6.43. The zero-order valence-corrected chi connectivity index (χ0v) is 27.6. The molecular weight excluding hydrogens is 638 g/mol. The number of hydrogen-bond acceptors (Lipinski definition) is 4. The van der Waals surface area contributed by atoms with Gasteiger partial charge in [-0.05, 0) is 78.9 Å². The van der Waals surface area contributed by atoms with Crippen molar-refractivity contribution >= 4 is 43.5 Å². The third-order valence-corrected chi connectivity index (χ3v) is 9.51. The average molecular weight is 677 g/mol. The van der Waals surface area contributed by atoms with Gasteiger partial charge in [0.1, 0.15) is 12.6 Å². The van der Waals surface area contributed by atoms with E-state index < -0.39 is 28.5 Å². The molecule has 0 aliphatic heterocycles. The van der Waals surface area contributed by atoms with Crippen molar-refractivity contribution in [1.82, 2.24) is 10.2 Å². The van der Waals surface area contributed by atoms with Crippen LogP contribution >= 0.6 is 15.9 Å². The van der Waals surface area contributed by atoms with Gasteiger partial charge in [0, 0.05) is 24.0 Å². The smallest absolute Gasteiger partial charge is 0.264 e. The lowest BCUT2D eigenvalue weighted by atomic mass is 10.0. The Morgan fingerprint density at radius 3 is 2.00 bits per heavy atom. The van der Waals surface area contributed by atoms with Crippen LogP contribution < -0.4 is 9.62 Å². The van der Waals surface area contributed by atoms with Gasteiger partial charge in [-0.3, -0.25) is 13.9 Å². The molecule has 0 aliphatic rings. The van der Waals surface area contributed by atoms with Gasteiger partial charge in [-0.25, -0.2) is 8.42 Å². The van der Waals surface area contributed by atoms with E-state index in [2.05, 4.69) is 21.2 Å². The molecule has 4 rings (SSSR count). The van der Waals surface area contributed by atoms with Crippen molar-refractivity contribution in [2.24, 2.45) is 0 Å². The Kier molecular flexibility index (Phi) is 11.4. The minimum atomic E-state index is -4.13. The van der Waals surface area contributed by atoms with E-state index in [9.17, 15) is 18.0 Å². The summed E-state index contributed by atoms with van der Waals surface area (Å²) in [4.78, 5) is 29.8. The van der Waals surface area contributed by atoms with Crippen LogP contribution in [0.15, 0.2) is 112 Å². The van der Waals surface area contributed by atoms with Crippen molar-refractivity contribution < 1.29 is 18.0 Å². The van der Waals surface area contributed by atoms with Crippen molar-refractivity contribution in [2.75, 3.05) is 17.4 Å². The molecule has 230 valence electrons. The lowest BCUT2D eigenvalue weighted by Crippen LogP contribution is -2.53. The molecule has 0 spiro atoms. The number of aryl methyl sites for hydroxylation is 2. The second kappa shape index (κ2) is 15.2. The minimum Gasteiger partial charge on any atom is -0.354 e. The molecule has 0 saturated carbocycles. The number of hydrogen-bond donors (Lipinski definition) is 1. The van der Waals surface area contributed by atoms with Crippen LogP contribution in [0.3, 0.4) is 0 Å². The first-order valence-electron chi connectivity index (χ1n) is 14.6. The van der Waals surface area contributed by atoms with E-state index in [-0.39, 0.29) is 23.8 Å². The highest BCUT2D eigenvalue weighted by atomic mass is 79.9. The highest BCUT2D eigenvalue weighted by Gasteiger charge is 2.34. The summed E-state index contributed by atoms with van der Waals surface area (Å²) in [7, 11) is -4.13. The Morgan fingerprint density at radius 1 is 0.818 bits per heavy atom. The van der Waals surface area contributed by atoms with Gasteiger partial charge in [0.2, 0.25) is 11.8 Å². The van der Waals surface area contributed by atoms with Crippen LogP contribution in [-0.2, 0) is 32.6 Å². The predicted molar refractivity (Wildman–Crippen MR) is 179 cm³/mol. The van der Waals surface area contributed by atoms with Crippen LogP contribution in [0, 0.1) is 13.8 Å². The summed E-state index contributed by atoms with van der Waals surface area (Å²) in [5.41, 5.74) is 3.83. The molecule has 0 radical (unpaired) electrons. The Morgan fingerprint density at radius 2 is 1.41 bits per heavy atom. The van der Waals surface area contributed by atoms with Gasteiger partial charge in [0.25, 0.3) is 10.0 Å². The number of nitrogens with zero attached hydrogens (tertiary/aromatic N) is 2. The summed E-state index contributed by atoms with van der Waals surface area (Å²) < 4.78 is 30.3. The molecular formula is C35H38BrN3O4S. The highest BCUT2D eigenvalue weighted by molar-refractivity contribution is 9.10. The van der Waals surface area contributed by atoms with E-state index in [1.54, 1.807) is 30.3 Å². The molecule has 0 fully saturated rings. The maximum atomic E-state index is 14.5. The molecule has 1 N–H and O–H groups in total. The molecule has 2 amide bonds. The molecule has 4 aromatic carbocycles. The second-order valence-electron chi connectivity index (χ2n) is 10.8. The van der Waals surface area contributed by atoms with Crippen LogP contribution in [0.4, 0.5) is 5.69 Å². The zero-order chi connectivity index (χ0) is 31.7. The topological polar surface area (TPSA) is 86.8 Å². The molecule has 0 aromatic heterocycles. The fourth-order valence-corrected chi connectivity index (χ4v) is 6.73. The SMILES string of the molecule is CCCNC(=O)C(Cc1ccccc1)N(Cc1ccc(Br)cc1)C(=O)CN(c1cc(C)cc(C)c1)S(=O)(=O)c1ccccc1. The number of rotatable bonds is 13. The maximum absolute atomic E-state index is 14.5. The molecule has 0 saturated heterocycles. The first kappa shape index (κ1) is 33.0. The number of amides is 2. The Bertz CT molecular complexity index is 1640.